The van der Waals surface area contributed by atoms with Crippen LogP contribution in [0.1, 0.15) is 29.6 Å². The van der Waals surface area contributed by atoms with E-state index in [4.69, 9.17) is 9.47 Å². The molecule has 4 rings (SSSR count). The minimum absolute atomic E-state index is 0.0224. The van der Waals surface area contributed by atoms with Crippen LogP contribution >= 0.6 is 0 Å². The number of benzene rings is 1. The lowest BCUT2D eigenvalue weighted by Crippen LogP contribution is -2.46. The smallest absolute Gasteiger partial charge is 0.258 e. The van der Waals surface area contributed by atoms with Gasteiger partial charge in [0.2, 0.25) is 0 Å². The van der Waals surface area contributed by atoms with Gasteiger partial charge in [-0.2, -0.15) is 5.10 Å². The minimum Gasteiger partial charge on any atom is -0.486 e. The van der Waals surface area contributed by atoms with Gasteiger partial charge in [-0.15, -0.1) is 0 Å². The van der Waals surface area contributed by atoms with Crippen LogP contribution in [0.4, 0.5) is 0 Å². The zero-order valence-electron chi connectivity index (χ0n) is 13.6. The number of carbonyl (C=O) groups is 1. The normalized spacial score (nSPS) is 20.0. The number of fused-ring (bicyclic) bond motifs is 1. The lowest BCUT2D eigenvalue weighted by Gasteiger charge is -2.36. The van der Waals surface area contributed by atoms with Crippen molar-refractivity contribution in [1.29, 1.82) is 0 Å². The van der Waals surface area contributed by atoms with Gasteiger partial charge in [0.05, 0.1) is 18.2 Å². The van der Waals surface area contributed by atoms with Crippen molar-refractivity contribution >= 4 is 5.91 Å². The van der Waals surface area contributed by atoms with Crippen LogP contribution in [0.15, 0.2) is 36.7 Å². The van der Waals surface area contributed by atoms with Crippen molar-refractivity contribution < 1.29 is 14.3 Å². The van der Waals surface area contributed by atoms with E-state index in [-0.39, 0.29) is 11.9 Å². The third-order valence-electron chi connectivity index (χ3n) is 4.64. The molecule has 6 nitrogen and oxygen atoms in total. The Morgan fingerprint density at radius 1 is 1.21 bits per heavy atom. The summed E-state index contributed by atoms with van der Waals surface area (Å²) >= 11 is 0. The van der Waals surface area contributed by atoms with Gasteiger partial charge in [0.15, 0.2) is 11.5 Å². The van der Waals surface area contributed by atoms with Crippen molar-refractivity contribution in [3.63, 3.8) is 0 Å². The molecule has 2 aliphatic rings. The number of likely N-dealkylation sites (tertiary alicyclic amines) is 1. The number of para-hydroxylation sites is 1. The molecule has 1 amide bonds. The minimum atomic E-state index is 0.0224. The summed E-state index contributed by atoms with van der Waals surface area (Å²) in [5.41, 5.74) is 0.597. The van der Waals surface area contributed by atoms with Crippen LogP contribution in [0, 0.1) is 0 Å². The van der Waals surface area contributed by atoms with Gasteiger partial charge in [0, 0.05) is 18.9 Å². The zero-order chi connectivity index (χ0) is 16.4. The number of nitrogens with zero attached hydrogens (tertiary/aromatic N) is 3. The number of aromatic nitrogens is 2. The van der Waals surface area contributed by atoms with E-state index >= 15 is 0 Å². The summed E-state index contributed by atoms with van der Waals surface area (Å²) < 4.78 is 13.2. The second-order valence-corrected chi connectivity index (χ2v) is 6.21. The maximum absolute atomic E-state index is 13.2. The quantitative estimate of drug-likeness (QED) is 0.868. The second kappa shape index (κ2) is 6.55. The maximum Gasteiger partial charge on any atom is 0.258 e. The van der Waals surface area contributed by atoms with Gasteiger partial charge in [-0.3, -0.25) is 9.48 Å². The number of ether oxygens (including phenoxy) is 2. The third kappa shape index (κ3) is 2.84. The lowest BCUT2D eigenvalue weighted by molar-refractivity contribution is 0.0574. The molecule has 0 saturated carbocycles. The molecular weight excluding hydrogens is 306 g/mol. The van der Waals surface area contributed by atoms with E-state index in [9.17, 15) is 4.79 Å². The molecular formula is C18H21N3O3. The average Bonchev–Trinajstić information content (AvgIpc) is 3.14. The van der Waals surface area contributed by atoms with Crippen molar-refractivity contribution in [2.75, 3.05) is 19.8 Å². The molecule has 0 unspecified atom stereocenters. The first-order chi connectivity index (χ1) is 11.8. The van der Waals surface area contributed by atoms with Crippen molar-refractivity contribution in [2.45, 2.75) is 31.8 Å². The highest BCUT2D eigenvalue weighted by Crippen LogP contribution is 2.35. The highest BCUT2D eigenvalue weighted by atomic mass is 16.6. The summed E-state index contributed by atoms with van der Waals surface area (Å²) in [7, 11) is 0. The summed E-state index contributed by atoms with van der Waals surface area (Å²) in [5.74, 6) is 1.26. The van der Waals surface area contributed by atoms with E-state index in [1.54, 1.807) is 6.20 Å². The monoisotopic (exact) mass is 327 g/mol. The molecule has 1 aromatic carbocycles. The Balaban J connectivity index is 1.60. The molecule has 126 valence electrons. The van der Waals surface area contributed by atoms with Crippen LogP contribution in [0.3, 0.4) is 0 Å². The SMILES string of the molecule is O=C(c1cccc2c1OCCO2)N1CCCC[C@@H]1Cn1cccn1. The Hall–Kier alpha value is -2.50. The predicted molar refractivity (Wildman–Crippen MR) is 88.3 cm³/mol. The van der Waals surface area contributed by atoms with Crippen molar-refractivity contribution in [2.24, 2.45) is 0 Å². The van der Waals surface area contributed by atoms with E-state index in [1.807, 2.05) is 40.0 Å². The largest absolute Gasteiger partial charge is 0.486 e. The Morgan fingerprint density at radius 2 is 2.12 bits per heavy atom. The topological polar surface area (TPSA) is 56.6 Å². The summed E-state index contributed by atoms with van der Waals surface area (Å²) in [6.45, 7) is 2.50. The fourth-order valence-corrected chi connectivity index (χ4v) is 3.48. The number of piperidine rings is 1. The Morgan fingerprint density at radius 3 is 3.00 bits per heavy atom. The molecule has 3 heterocycles. The molecule has 1 atom stereocenters. The average molecular weight is 327 g/mol. The molecule has 1 aromatic heterocycles. The van der Waals surface area contributed by atoms with E-state index < -0.39 is 0 Å². The standard InChI is InChI=1S/C18H21N3O3/c22-18(15-6-3-7-16-17(15)24-12-11-23-16)21-10-2-1-5-14(21)13-20-9-4-8-19-20/h3-4,6-9,14H,1-2,5,10-13H2/t14-/m1/s1. The summed E-state index contributed by atoms with van der Waals surface area (Å²) in [5, 5.41) is 4.28. The summed E-state index contributed by atoms with van der Waals surface area (Å²) in [4.78, 5) is 15.1. The van der Waals surface area contributed by atoms with Crippen LogP contribution in [0.5, 0.6) is 11.5 Å². The maximum atomic E-state index is 13.2. The first-order valence-electron chi connectivity index (χ1n) is 8.50. The predicted octanol–water partition coefficient (Wildman–Crippen LogP) is 2.35. The van der Waals surface area contributed by atoms with Gasteiger partial charge in [0.1, 0.15) is 13.2 Å². The van der Waals surface area contributed by atoms with Gasteiger partial charge in [0.25, 0.3) is 5.91 Å². The first-order valence-corrected chi connectivity index (χ1v) is 8.50. The molecule has 0 spiro atoms. The highest BCUT2D eigenvalue weighted by Gasteiger charge is 2.31. The van der Waals surface area contributed by atoms with Crippen molar-refractivity contribution in [1.82, 2.24) is 14.7 Å². The number of hydrogen-bond acceptors (Lipinski definition) is 4. The van der Waals surface area contributed by atoms with Gasteiger partial charge in [-0.1, -0.05) is 6.07 Å². The first kappa shape index (κ1) is 15.1. The molecule has 0 radical (unpaired) electrons. The molecule has 2 aromatic rings. The highest BCUT2D eigenvalue weighted by molar-refractivity contribution is 5.98. The molecule has 0 N–H and O–H groups in total. The number of rotatable bonds is 3. The van der Waals surface area contributed by atoms with Gasteiger partial charge >= 0.3 is 0 Å². The van der Waals surface area contributed by atoms with E-state index in [2.05, 4.69) is 5.10 Å². The second-order valence-electron chi connectivity index (χ2n) is 6.21. The molecule has 2 aliphatic heterocycles. The van der Waals surface area contributed by atoms with Crippen molar-refractivity contribution in [3.8, 4) is 11.5 Å². The van der Waals surface area contributed by atoms with Gasteiger partial charge in [-0.05, 0) is 37.5 Å². The summed E-state index contributed by atoms with van der Waals surface area (Å²) in [6, 6.07) is 7.60. The van der Waals surface area contributed by atoms with Crippen LogP contribution in [0.2, 0.25) is 0 Å². The molecule has 0 bridgehead atoms. The van der Waals surface area contributed by atoms with E-state index in [1.165, 1.54) is 0 Å². The van der Waals surface area contributed by atoms with Gasteiger partial charge < -0.3 is 14.4 Å². The van der Waals surface area contributed by atoms with E-state index in [0.717, 1.165) is 32.4 Å². The molecule has 1 saturated heterocycles. The number of hydrogen-bond donors (Lipinski definition) is 0. The molecule has 6 heteroatoms. The fraction of sp³-hybridized carbons (Fsp3) is 0.444. The Bertz CT molecular complexity index is 714. The third-order valence-corrected chi connectivity index (χ3v) is 4.64. The lowest BCUT2D eigenvalue weighted by atomic mass is 10.00. The Kier molecular flexibility index (Phi) is 4.11. The summed E-state index contributed by atoms with van der Waals surface area (Å²) in [6.07, 6.45) is 6.89. The molecule has 1 fully saturated rings. The van der Waals surface area contributed by atoms with Crippen LogP contribution in [-0.2, 0) is 6.54 Å². The zero-order valence-corrected chi connectivity index (χ0v) is 13.6. The number of amides is 1. The fourth-order valence-electron chi connectivity index (χ4n) is 3.48. The van der Waals surface area contributed by atoms with Crippen LogP contribution < -0.4 is 9.47 Å². The molecule has 0 aliphatic carbocycles. The molecule has 24 heavy (non-hydrogen) atoms. The Labute approximate surface area is 141 Å². The number of carbonyl (C=O) groups excluding carboxylic acids is 1. The van der Waals surface area contributed by atoms with Gasteiger partial charge in [-0.25, -0.2) is 0 Å². The van der Waals surface area contributed by atoms with Crippen LogP contribution in [-0.4, -0.2) is 46.4 Å². The van der Waals surface area contributed by atoms with Crippen molar-refractivity contribution in [3.05, 3.63) is 42.2 Å². The van der Waals surface area contributed by atoms with E-state index in [0.29, 0.717) is 30.3 Å². The van der Waals surface area contributed by atoms with Crippen LogP contribution in [0.25, 0.3) is 0 Å².